The van der Waals surface area contributed by atoms with Gasteiger partial charge in [0.25, 0.3) is 0 Å². The van der Waals surface area contributed by atoms with Gasteiger partial charge in [0.2, 0.25) is 0 Å². The Kier molecular flexibility index (Phi) is 5.79. The van der Waals surface area contributed by atoms with Crippen LogP contribution in [0.15, 0.2) is 36.4 Å². The lowest BCUT2D eigenvalue weighted by Gasteiger charge is -2.21. The average molecular weight is 191 g/mol. The lowest BCUT2D eigenvalue weighted by Crippen LogP contribution is -2.16. The third kappa shape index (κ3) is 4.18. The van der Waals surface area contributed by atoms with E-state index in [2.05, 4.69) is 43.4 Å². The molecule has 0 bridgehead atoms. The van der Waals surface area contributed by atoms with Gasteiger partial charge < -0.3 is 4.90 Å². The van der Waals surface area contributed by atoms with E-state index in [0.717, 1.165) is 12.1 Å². The molecule has 0 spiro atoms. The molecule has 0 N–H and O–H groups in total. The van der Waals surface area contributed by atoms with Gasteiger partial charge in [0.1, 0.15) is 0 Å². The highest BCUT2D eigenvalue weighted by Gasteiger charge is 2.12. The largest absolute Gasteiger partial charge is 0.375 e. The van der Waals surface area contributed by atoms with Crippen LogP contribution in [0.4, 0.5) is 0 Å². The Labute approximate surface area is 88.1 Å². The minimum absolute atomic E-state index is 0.471. The van der Waals surface area contributed by atoms with Crippen molar-refractivity contribution in [1.82, 2.24) is 4.90 Å². The fourth-order valence-electron chi connectivity index (χ4n) is 1.27. The van der Waals surface area contributed by atoms with Crippen molar-refractivity contribution in [2.24, 2.45) is 11.8 Å². The zero-order valence-electron chi connectivity index (χ0n) is 9.80. The van der Waals surface area contributed by atoms with Crippen molar-refractivity contribution < 1.29 is 0 Å². The average Bonchev–Trinajstić information content (AvgIpc) is 2.11. The molecule has 0 aromatic heterocycles. The van der Waals surface area contributed by atoms with Gasteiger partial charge in [-0.15, -0.1) is 11.5 Å². The fraction of sp³-hybridized carbons (Fsp3) is 0.538. The number of allylic oxidation sites excluding steroid dienone is 2. The van der Waals surface area contributed by atoms with Crippen LogP contribution in [0.1, 0.15) is 20.3 Å². The molecule has 1 atom stereocenters. The van der Waals surface area contributed by atoms with Crippen LogP contribution in [0, 0.1) is 11.8 Å². The molecule has 0 aliphatic carbocycles. The Bertz CT molecular complexity index is 261. The zero-order chi connectivity index (χ0) is 11.1. The molecule has 0 aromatic rings. The summed E-state index contributed by atoms with van der Waals surface area (Å²) < 4.78 is 0. The summed E-state index contributed by atoms with van der Waals surface area (Å²) in [5, 5.41) is 0. The number of hydrogen-bond donors (Lipinski definition) is 0. The Morgan fingerprint density at radius 3 is 2.21 bits per heavy atom. The summed E-state index contributed by atoms with van der Waals surface area (Å²) in [7, 11) is 4.03. The summed E-state index contributed by atoms with van der Waals surface area (Å²) >= 11 is 0. The summed E-state index contributed by atoms with van der Waals surface area (Å²) in [6.07, 6.45) is 2.99. The van der Waals surface area contributed by atoms with E-state index in [9.17, 15) is 0 Å². The fourth-order valence-corrected chi connectivity index (χ4v) is 1.27. The first-order valence-corrected chi connectivity index (χ1v) is 4.95. The van der Waals surface area contributed by atoms with Gasteiger partial charge in [-0.1, -0.05) is 27.0 Å². The van der Waals surface area contributed by atoms with Crippen LogP contribution in [-0.2, 0) is 0 Å². The minimum atomic E-state index is 0.471. The Morgan fingerprint density at radius 1 is 1.36 bits per heavy atom. The molecule has 0 aliphatic rings. The highest BCUT2D eigenvalue weighted by molar-refractivity contribution is 5.02. The van der Waals surface area contributed by atoms with Gasteiger partial charge >= 0.3 is 0 Å². The first-order valence-electron chi connectivity index (χ1n) is 4.95. The summed E-state index contributed by atoms with van der Waals surface area (Å²) in [4.78, 5) is 2.05. The van der Waals surface area contributed by atoms with Crippen LogP contribution in [0.3, 0.4) is 0 Å². The molecule has 14 heavy (non-hydrogen) atoms. The maximum Gasteiger partial charge on any atom is 0.0558 e. The van der Waals surface area contributed by atoms with E-state index in [1.807, 2.05) is 20.2 Å². The van der Waals surface area contributed by atoms with Crippen LogP contribution in [0.25, 0.3) is 0 Å². The predicted molar refractivity (Wildman–Crippen MR) is 63.0 cm³/mol. The van der Waals surface area contributed by atoms with Crippen molar-refractivity contribution in [3.05, 3.63) is 36.4 Å². The maximum atomic E-state index is 3.70. The molecule has 78 valence electrons. The minimum Gasteiger partial charge on any atom is -0.375 e. The normalized spacial score (nSPS) is 11.5. The van der Waals surface area contributed by atoms with Crippen molar-refractivity contribution >= 4 is 0 Å². The monoisotopic (exact) mass is 191 g/mol. The first kappa shape index (κ1) is 12.8. The number of hydrogen-bond acceptors (Lipinski definition) is 1. The molecule has 0 rings (SSSR count). The van der Waals surface area contributed by atoms with Crippen molar-refractivity contribution in [3.8, 4) is 0 Å². The summed E-state index contributed by atoms with van der Waals surface area (Å²) in [5.41, 5.74) is 6.97. The van der Waals surface area contributed by atoms with E-state index in [4.69, 9.17) is 0 Å². The van der Waals surface area contributed by atoms with Gasteiger partial charge in [-0.25, -0.2) is 0 Å². The third-order valence-corrected chi connectivity index (χ3v) is 2.36. The number of nitrogens with zero attached hydrogens (tertiary/aromatic N) is 1. The molecule has 1 nitrogen and oxygen atoms in total. The molecular formula is C13H21N. The molecule has 0 aliphatic heterocycles. The maximum absolute atomic E-state index is 3.70. The zero-order valence-corrected chi connectivity index (χ0v) is 9.80. The molecule has 0 saturated heterocycles. The van der Waals surface area contributed by atoms with E-state index in [1.165, 1.54) is 0 Å². The Balaban J connectivity index is 4.59. The third-order valence-electron chi connectivity index (χ3n) is 2.36. The van der Waals surface area contributed by atoms with Crippen LogP contribution >= 0.6 is 0 Å². The van der Waals surface area contributed by atoms with Crippen LogP contribution in [0.5, 0.6) is 0 Å². The van der Waals surface area contributed by atoms with Gasteiger partial charge in [-0.05, 0) is 17.9 Å². The van der Waals surface area contributed by atoms with Crippen LogP contribution in [-0.4, -0.2) is 19.0 Å². The molecule has 0 amide bonds. The molecule has 0 aromatic carbocycles. The van der Waals surface area contributed by atoms with E-state index in [-0.39, 0.29) is 0 Å². The first-order chi connectivity index (χ1) is 6.52. The molecule has 0 fully saturated rings. The molecule has 0 radical (unpaired) electrons. The highest BCUT2D eigenvalue weighted by Crippen LogP contribution is 2.21. The van der Waals surface area contributed by atoms with E-state index in [0.29, 0.717) is 11.8 Å². The van der Waals surface area contributed by atoms with Gasteiger partial charge in [0.15, 0.2) is 0 Å². The van der Waals surface area contributed by atoms with E-state index < -0.39 is 0 Å². The quantitative estimate of drug-likeness (QED) is 0.603. The second-order valence-electron chi connectivity index (χ2n) is 4.00. The van der Waals surface area contributed by atoms with Gasteiger partial charge in [-0.2, -0.15) is 0 Å². The predicted octanol–water partition coefficient (Wildman–Crippen LogP) is 3.22. The van der Waals surface area contributed by atoms with Gasteiger partial charge in [0, 0.05) is 20.5 Å². The summed E-state index contributed by atoms with van der Waals surface area (Å²) in [6.45, 7) is 11.7. The van der Waals surface area contributed by atoms with Crippen molar-refractivity contribution in [2.75, 3.05) is 14.1 Å². The number of rotatable bonds is 5. The van der Waals surface area contributed by atoms with Crippen LogP contribution < -0.4 is 0 Å². The molecule has 1 heteroatoms. The smallest absolute Gasteiger partial charge is 0.0558 e. The van der Waals surface area contributed by atoms with E-state index in [1.54, 1.807) is 0 Å². The van der Waals surface area contributed by atoms with E-state index >= 15 is 0 Å². The summed E-state index contributed by atoms with van der Waals surface area (Å²) in [6, 6.07) is 0. The van der Waals surface area contributed by atoms with Crippen molar-refractivity contribution in [2.45, 2.75) is 20.3 Å². The molecule has 0 saturated carbocycles. The van der Waals surface area contributed by atoms with Gasteiger partial charge in [-0.3, -0.25) is 0 Å². The SMILES string of the molecule is C=C=CC(CC(=C=C)N(C)C)C(C)C. The summed E-state index contributed by atoms with van der Waals surface area (Å²) in [5.74, 6) is 1.06. The molecular weight excluding hydrogens is 170 g/mol. The second-order valence-corrected chi connectivity index (χ2v) is 4.00. The lowest BCUT2D eigenvalue weighted by molar-refractivity contribution is 0.401. The van der Waals surface area contributed by atoms with Crippen molar-refractivity contribution in [3.63, 3.8) is 0 Å². The lowest BCUT2D eigenvalue weighted by atomic mass is 9.91. The van der Waals surface area contributed by atoms with Crippen LogP contribution in [0.2, 0.25) is 0 Å². The molecule has 1 unspecified atom stereocenters. The van der Waals surface area contributed by atoms with Gasteiger partial charge in [0.05, 0.1) is 5.70 Å². The second kappa shape index (κ2) is 6.32. The molecule has 0 heterocycles. The topological polar surface area (TPSA) is 3.24 Å². The standard InChI is InChI=1S/C13H21N/c1-7-9-12(11(3)4)10-13(8-2)14(5)6/h9,11-12H,1-2,10H2,3-6H3. The highest BCUT2D eigenvalue weighted by atomic mass is 15.1. The van der Waals surface area contributed by atoms with Crippen molar-refractivity contribution in [1.29, 1.82) is 0 Å². The Hall–Kier alpha value is -1.16. The Morgan fingerprint density at radius 2 is 1.93 bits per heavy atom.